The monoisotopic (exact) mass is 366 g/mol. The maximum atomic E-state index is 12.8. The van der Waals surface area contributed by atoms with Gasteiger partial charge in [0, 0.05) is 18.5 Å². The molecule has 2 aliphatic rings. The summed E-state index contributed by atoms with van der Waals surface area (Å²) in [6.07, 6.45) is 7.29. The normalized spacial score (nSPS) is 24.5. The van der Waals surface area contributed by atoms with Crippen LogP contribution >= 0.6 is 0 Å². The number of likely N-dealkylation sites (tertiary alicyclic amines) is 1. The second-order valence-electron chi connectivity index (χ2n) is 8.40. The first-order valence-electron chi connectivity index (χ1n) is 9.49. The van der Waals surface area contributed by atoms with Gasteiger partial charge in [-0.2, -0.15) is 0 Å². The predicted molar refractivity (Wildman–Crippen MR) is 102 cm³/mol. The molecule has 1 aliphatic heterocycles. The minimum atomic E-state index is -0.479. The number of hydrogen-bond donors (Lipinski definition) is 0. The van der Waals surface area contributed by atoms with Crippen molar-refractivity contribution in [1.82, 2.24) is 19.9 Å². The molecule has 1 aromatic heterocycles. The van der Waals surface area contributed by atoms with Crippen molar-refractivity contribution in [2.24, 2.45) is 5.92 Å². The highest BCUT2D eigenvalue weighted by atomic mass is 16.6. The number of ether oxygens (including phenoxy) is 1. The number of aromatic nitrogens is 3. The minimum absolute atomic E-state index is 0.143. The van der Waals surface area contributed by atoms with E-state index in [0.717, 1.165) is 12.1 Å². The minimum Gasteiger partial charge on any atom is -0.459 e. The third-order valence-corrected chi connectivity index (χ3v) is 5.05. The largest absolute Gasteiger partial charge is 0.459 e. The molecule has 0 N–H and O–H groups in total. The van der Waals surface area contributed by atoms with E-state index in [9.17, 15) is 4.79 Å². The van der Waals surface area contributed by atoms with E-state index in [1.54, 1.807) is 0 Å². The number of carbonyl (C=O) groups excluding carboxylic acids is 1. The summed E-state index contributed by atoms with van der Waals surface area (Å²) in [6, 6.07) is 10.2. The second-order valence-corrected chi connectivity index (χ2v) is 8.40. The van der Waals surface area contributed by atoms with Gasteiger partial charge < -0.3 is 4.74 Å². The molecule has 1 saturated heterocycles. The fourth-order valence-corrected chi connectivity index (χ4v) is 3.97. The zero-order chi connectivity index (χ0) is 19.0. The lowest BCUT2D eigenvalue weighted by Gasteiger charge is -2.32. The van der Waals surface area contributed by atoms with Gasteiger partial charge in [-0.1, -0.05) is 47.7 Å². The van der Waals surface area contributed by atoms with E-state index in [1.165, 1.54) is 5.56 Å². The van der Waals surface area contributed by atoms with Crippen molar-refractivity contribution >= 4 is 5.97 Å². The Morgan fingerprint density at radius 1 is 1.19 bits per heavy atom. The molecule has 142 valence electrons. The van der Waals surface area contributed by atoms with Gasteiger partial charge >= 0.3 is 5.97 Å². The van der Waals surface area contributed by atoms with Crippen LogP contribution in [-0.4, -0.2) is 43.5 Å². The Hall–Kier alpha value is -2.47. The Bertz CT molecular complexity index is 837. The quantitative estimate of drug-likeness (QED) is 0.602. The molecule has 1 fully saturated rings. The Morgan fingerprint density at radius 3 is 2.70 bits per heavy atom. The zero-order valence-electron chi connectivity index (χ0n) is 16.1. The second kappa shape index (κ2) is 6.93. The molecule has 0 amide bonds. The van der Waals surface area contributed by atoms with Gasteiger partial charge in [0.1, 0.15) is 11.6 Å². The van der Waals surface area contributed by atoms with E-state index in [4.69, 9.17) is 4.74 Å². The molecule has 0 unspecified atom stereocenters. The maximum Gasteiger partial charge on any atom is 0.324 e. The first-order chi connectivity index (χ1) is 12.9. The summed E-state index contributed by atoms with van der Waals surface area (Å²) >= 11 is 0. The number of benzene rings is 1. The maximum absolute atomic E-state index is 12.8. The van der Waals surface area contributed by atoms with Crippen LogP contribution in [0.1, 0.15) is 38.4 Å². The molecule has 6 nitrogen and oxygen atoms in total. The summed E-state index contributed by atoms with van der Waals surface area (Å²) in [5, 5.41) is 8.57. The zero-order valence-corrected chi connectivity index (χ0v) is 16.1. The van der Waals surface area contributed by atoms with Crippen LogP contribution in [0.5, 0.6) is 0 Å². The molecular weight excluding hydrogens is 340 g/mol. The van der Waals surface area contributed by atoms with Gasteiger partial charge in [0.2, 0.25) is 0 Å². The summed E-state index contributed by atoms with van der Waals surface area (Å²) in [5.41, 5.74) is 1.58. The van der Waals surface area contributed by atoms with Gasteiger partial charge in [-0.3, -0.25) is 9.69 Å². The summed E-state index contributed by atoms with van der Waals surface area (Å²) in [7, 11) is 0. The summed E-state index contributed by atoms with van der Waals surface area (Å²) < 4.78 is 7.52. The highest BCUT2D eigenvalue weighted by molar-refractivity contribution is 5.78. The lowest BCUT2D eigenvalue weighted by atomic mass is 10.0. The highest BCUT2D eigenvalue weighted by Crippen LogP contribution is 2.39. The van der Waals surface area contributed by atoms with Crippen LogP contribution in [0.15, 0.2) is 48.7 Å². The van der Waals surface area contributed by atoms with Gasteiger partial charge in [-0.25, -0.2) is 4.68 Å². The fraction of sp³-hybridized carbons (Fsp3) is 0.476. The lowest BCUT2D eigenvalue weighted by Crippen LogP contribution is -2.46. The van der Waals surface area contributed by atoms with Crippen LogP contribution in [0, 0.1) is 5.92 Å². The van der Waals surface area contributed by atoms with Crippen LogP contribution in [0.4, 0.5) is 0 Å². The Balaban J connectivity index is 1.46. The molecule has 2 aromatic rings. The standard InChI is InChI=1S/C21H26N4O2/c1-21(2,3)27-20(26)19-16-9-10-18(11-16)25(19)14-17-13-24(23-22-17)12-15-7-5-4-6-8-15/h4-10,13,16,18-19H,11-12,14H2,1-3H3/t16-,18+,19-/m1/s1. The van der Waals surface area contributed by atoms with Crippen molar-refractivity contribution < 1.29 is 9.53 Å². The molecule has 0 spiro atoms. The number of fused-ring (bicyclic) bond motifs is 2. The van der Waals surface area contributed by atoms with Gasteiger partial charge in [0.25, 0.3) is 0 Å². The number of hydrogen-bond acceptors (Lipinski definition) is 5. The fourth-order valence-electron chi connectivity index (χ4n) is 3.97. The molecule has 6 heteroatoms. The smallest absolute Gasteiger partial charge is 0.324 e. The third kappa shape index (κ3) is 3.95. The molecule has 2 bridgehead atoms. The van der Waals surface area contributed by atoms with Crippen molar-refractivity contribution in [3.05, 3.63) is 59.9 Å². The average Bonchev–Trinajstić information content (AvgIpc) is 3.31. The Morgan fingerprint density at radius 2 is 1.96 bits per heavy atom. The van der Waals surface area contributed by atoms with Crippen molar-refractivity contribution in [2.45, 2.75) is 58.0 Å². The van der Waals surface area contributed by atoms with Crippen LogP contribution in [0.2, 0.25) is 0 Å². The van der Waals surface area contributed by atoms with Gasteiger partial charge in [-0.05, 0) is 32.8 Å². The summed E-state index contributed by atoms with van der Waals surface area (Å²) in [5.74, 6) is 0.0836. The predicted octanol–water partition coefficient (Wildman–Crippen LogP) is 2.80. The molecule has 27 heavy (non-hydrogen) atoms. The van der Waals surface area contributed by atoms with E-state index in [0.29, 0.717) is 13.1 Å². The van der Waals surface area contributed by atoms with E-state index >= 15 is 0 Å². The molecule has 0 saturated carbocycles. The van der Waals surface area contributed by atoms with Crippen LogP contribution in [0.3, 0.4) is 0 Å². The number of esters is 1. The van der Waals surface area contributed by atoms with Crippen molar-refractivity contribution in [3.63, 3.8) is 0 Å². The SMILES string of the molecule is CC(C)(C)OC(=O)[C@H]1[C@@H]2C=C[C@@H](C2)N1Cc1cn(Cc2ccccc2)nn1. The topological polar surface area (TPSA) is 60.2 Å². The van der Waals surface area contributed by atoms with Crippen LogP contribution in [-0.2, 0) is 22.6 Å². The number of carbonyl (C=O) groups is 1. The molecule has 1 aliphatic carbocycles. The van der Waals surface area contributed by atoms with E-state index < -0.39 is 5.60 Å². The third-order valence-electron chi connectivity index (χ3n) is 5.05. The van der Waals surface area contributed by atoms with Gasteiger partial charge in [-0.15, -0.1) is 5.10 Å². The molecular formula is C21H26N4O2. The van der Waals surface area contributed by atoms with Crippen LogP contribution in [0.25, 0.3) is 0 Å². The Labute approximate surface area is 159 Å². The average molecular weight is 366 g/mol. The summed E-state index contributed by atoms with van der Waals surface area (Å²) in [6.45, 7) is 7.02. The molecule has 2 heterocycles. The first kappa shape index (κ1) is 17.9. The Kier molecular flexibility index (Phi) is 4.60. The number of rotatable bonds is 5. The van der Waals surface area contributed by atoms with Crippen LogP contribution < -0.4 is 0 Å². The first-order valence-corrected chi connectivity index (χ1v) is 9.49. The molecule has 3 atom stereocenters. The van der Waals surface area contributed by atoms with Crippen molar-refractivity contribution in [1.29, 1.82) is 0 Å². The van der Waals surface area contributed by atoms with E-state index in [2.05, 4.69) is 39.5 Å². The van der Waals surface area contributed by atoms with E-state index in [-0.39, 0.29) is 24.0 Å². The van der Waals surface area contributed by atoms with Crippen molar-refractivity contribution in [2.75, 3.05) is 0 Å². The highest BCUT2D eigenvalue weighted by Gasteiger charge is 2.48. The van der Waals surface area contributed by atoms with Crippen molar-refractivity contribution in [3.8, 4) is 0 Å². The molecule has 4 rings (SSSR count). The van der Waals surface area contributed by atoms with E-state index in [1.807, 2.05) is 49.8 Å². The van der Waals surface area contributed by atoms with Gasteiger partial charge in [0.15, 0.2) is 0 Å². The number of nitrogens with zero attached hydrogens (tertiary/aromatic N) is 4. The lowest BCUT2D eigenvalue weighted by molar-refractivity contribution is -0.162. The van der Waals surface area contributed by atoms with Gasteiger partial charge in [0.05, 0.1) is 18.4 Å². The molecule has 0 radical (unpaired) electrons. The summed E-state index contributed by atoms with van der Waals surface area (Å²) in [4.78, 5) is 15.0. The molecule has 1 aromatic carbocycles.